The summed E-state index contributed by atoms with van der Waals surface area (Å²) in [7, 11) is 0. The number of hydrogen-bond acceptors (Lipinski definition) is 2. The van der Waals surface area contributed by atoms with Gasteiger partial charge in [0.1, 0.15) is 5.82 Å². The Bertz CT molecular complexity index is 646. The smallest absolute Gasteiger partial charge is 0.404 e. The summed E-state index contributed by atoms with van der Waals surface area (Å²) >= 11 is 0. The summed E-state index contributed by atoms with van der Waals surface area (Å²) < 4.78 is 15.0. The first-order valence-corrected chi connectivity index (χ1v) is 7.40. The number of benzene rings is 1. The van der Waals surface area contributed by atoms with Gasteiger partial charge in [-0.1, -0.05) is 0 Å². The van der Waals surface area contributed by atoms with Crippen LogP contribution in [0.5, 0.6) is 0 Å². The lowest BCUT2D eigenvalue weighted by Gasteiger charge is -2.29. The van der Waals surface area contributed by atoms with Gasteiger partial charge in [-0.2, -0.15) is 0 Å². The first kappa shape index (κ1) is 14.6. The van der Waals surface area contributed by atoms with Crippen molar-refractivity contribution in [1.29, 1.82) is 0 Å². The van der Waals surface area contributed by atoms with E-state index in [1.165, 1.54) is 12.1 Å². The molecule has 0 unspecified atom stereocenters. The van der Waals surface area contributed by atoms with E-state index >= 15 is 0 Å². The third kappa shape index (κ3) is 3.27. The first-order valence-electron chi connectivity index (χ1n) is 7.40. The molecule has 1 saturated carbocycles. The number of rotatable bonds is 3. The number of carboxylic acid groups (broad SMARTS) is 1. The largest absolute Gasteiger partial charge is 0.465 e. The van der Waals surface area contributed by atoms with E-state index in [0.717, 1.165) is 36.9 Å². The van der Waals surface area contributed by atoms with E-state index in [4.69, 9.17) is 5.11 Å². The lowest BCUT2D eigenvalue weighted by molar-refractivity contribution is 0.182. The summed E-state index contributed by atoms with van der Waals surface area (Å²) in [6.07, 6.45) is 6.33. The Kier molecular flexibility index (Phi) is 4.09. The maximum Gasteiger partial charge on any atom is 0.404 e. The molecule has 0 bridgehead atoms. The van der Waals surface area contributed by atoms with Crippen LogP contribution in [0.15, 0.2) is 36.8 Å². The van der Waals surface area contributed by atoms with Gasteiger partial charge in [0, 0.05) is 23.8 Å². The Balaban J connectivity index is 1.65. The summed E-state index contributed by atoms with van der Waals surface area (Å²) in [5.74, 6) is -0.257. The highest BCUT2D eigenvalue weighted by Gasteiger charge is 2.23. The summed E-state index contributed by atoms with van der Waals surface area (Å²) in [5, 5.41) is 11.3. The van der Waals surface area contributed by atoms with Crippen LogP contribution in [0, 0.1) is 5.82 Å². The van der Waals surface area contributed by atoms with E-state index in [-0.39, 0.29) is 11.9 Å². The molecule has 5 nitrogen and oxygen atoms in total. The number of aromatic nitrogens is 2. The molecule has 0 radical (unpaired) electrons. The van der Waals surface area contributed by atoms with Crippen molar-refractivity contribution >= 4 is 6.09 Å². The number of halogens is 1. The number of amides is 1. The van der Waals surface area contributed by atoms with Gasteiger partial charge in [0.05, 0.1) is 12.0 Å². The van der Waals surface area contributed by atoms with Crippen molar-refractivity contribution in [3.05, 3.63) is 42.6 Å². The lowest BCUT2D eigenvalue weighted by atomic mass is 9.91. The quantitative estimate of drug-likeness (QED) is 0.912. The highest BCUT2D eigenvalue weighted by molar-refractivity contribution is 5.64. The summed E-state index contributed by atoms with van der Waals surface area (Å²) in [6, 6.07) is 6.68. The third-order valence-electron chi connectivity index (χ3n) is 4.19. The monoisotopic (exact) mass is 303 g/mol. The Hall–Kier alpha value is -2.37. The standard InChI is InChI=1S/C16H18FN3O2/c17-12-3-1-11(2-4-12)15-9-20(10-18-15)14-7-5-13(6-8-14)19-16(21)22/h1-4,9-10,13-14,19H,5-8H2,(H,21,22)/t13-,14+. The minimum absolute atomic E-state index is 0.0499. The Labute approximate surface area is 127 Å². The normalized spacial score (nSPS) is 21.5. The molecule has 0 saturated heterocycles. The first-order chi connectivity index (χ1) is 10.6. The lowest BCUT2D eigenvalue weighted by Crippen LogP contribution is -2.36. The molecule has 1 aromatic heterocycles. The molecular formula is C16H18FN3O2. The average Bonchev–Trinajstić information content (AvgIpc) is 2.98. The predicted molar refractivity (Wildman–Crippen MR) is 80.1 cm³/mol. The zero-order chi connectivity index (χ0) is 15.5. The van der Waals surface area contributed by atoms with E-state index in [1.807, 2.05) is 6.20 Å². The van der Waals surface area contributed by atoms with Gasteiger partial charge in [-0.15, -0.1) is 0 Å². The van der Waals surface area contributed by atoms with E-state index in [0.29, 0.717) is 6.04 Å². The van der Waals surface area contributed by atoms with Crippen LogP contribution < -0.4 is 5.32 Å². The minimum atomic E-state index is -0.954. The van der Waals surface area contributed by atoms with Gasteiger partial charge in [-0.25, -0.2) is 14.2 Å². The Morgan fingerprint density at radius 2 is 1.91 bits per heavy atom. The highest BCUT2D eigenvalue weighted by Crippen LogP contribution is 2.30. The number of nitrogens with zero attached hydrogens (tertiary/aromatic N) is 2. The molecule has 1 amide bonds. The molecule has 0 atom stereocenters. The maximum atomic E-state index is 13.0. The number of nitrogens with one attached hydrogen (secondary N) is 1. The van der Waals surface area contributed by atoms with Crippen molar-refractivity contribution < 1.29 is 14.3 Å². The molecule has 2 aromatic rings. The Morgan fingerprint density at radius 3 is 2.55 bits per heavy atom. The van der Waals surface area contributed by atoms with Crippen molar-refractivity contribution in [2.24, 2.45) is 0 Å². The van der Waals surface area contributed by atoms with Crippen molar-refractivity contribution in [3.8, 4) is 11.3 Å². The molecule has 1 aliphatic rings. The molecule has 1 aliphatic carbocycles. The average molecular weight is 303 g/mol. The van der Waals surface area contributed by atoms with E-state index in [1.54, 1.807) is 18.5 Å². The third-order valence-corrected chi connectivity index (χ3v) is 4.19. The van der Waals surface area contributed by atoms with Crippen LogP contribution in [-0.2, 0) is 0 Å². The van der Waals surface area contributed by atoms with Gasteiger partial charge < -0.3 is 15.0 Å². The molecule has 116 valence electrons. The van der Waals surface area contributed by atoms with Crippen LogP contribution in [0.3, 0.4) is 0 Å². The van der Waals surface area contributed by atoms with Crippen LogP contribution in [-0.4, -0.2) is 26.8 Å². The zero-order valence-electron chi connectivity index (χ0n) is 12.1. The van der Waals surface area contributed by atoms with Gasteiger partial charge in [-0.3, -0.25) is 0 Å². The second-order valence-electron chi connectivity index (χ2n) is 5.67. The number of imidazole rings is 1. The van der Waals surface area contributed by atoms with Crippen molar-refractivity contribution in [3.63, 3.8) is 0 Å². The molecule has 0 spiro atoms. The van der Waals surface area contributed by atoms with Crippen molar-refractivity contribution in [2.75, 3.05) is 0 Å². The molecule has 3 rings (SSSR count). The fourth-order valence-corrected chi connectivity index (χ4v) is 3.00. The number of carbonyl (C=O) groups is 1. The second kappa shape index (κ2) is 6.17. The summed E-state index contributed by atoms with van der Waals surface area (Å²) in [6.45, 7) is 0. The summed E-state index contributed by atoms with van der Waals surface area (Å²) in [4.78, 5) is 15.0. The molecule has 1 heterocycles. The van der Waals surface area contributed by atoms with Crippen LogP contribution in [0.4, 0.5) is 9.18 Å². The van der Waals surface area contributed by atoms with Crippen molar-refractivity contribution in [1.82, 2.24) is 14.9 Å². The zero-order valence-corrected chi connectivity index (χ0v) is 12.1. The van der Waals surface area contributed by atoms with Gasteiger partial charge in [-0.05, 0) is 49.9 Å². The van der Waals surface area contributed by atoms with E-state index < -0.39 is 6.09 Å². The predicted octanol–water partition coefficient (Wildman–Crippen LogP) is 3.44. The SMILES string of the molecule is O=C(O)N[C@H]1CC[C@@H](n2cnc(-c3ccc(F)cc3)c2)CC1. The molecule has 1 aromatic carbocycles. The summed E-state index contributed by atoms with van der Waals surface area (Å²) in [5.41, 5.74) is 1.71. The fourth-order valence-electron chi connectivity index (χ4n) is 3.00. The second-order valence-corrected chi connectivity index (χ2v) is 5.67. The van der Waals surface area contributed by atoms with E-state index in [9.17, 15) is 9.18 Å². The fraction of sp³-hybridized carbons (Fsp3) is 0.375. The van der Waals surface area contributed by atoms with Crippen molar-refractivity contribution in [2.45, 2.75) is 37.8 Å². The molecule has 22 heavy (non-hydrogen) atoms. The van der Waals surface area contributed by atoms with Crippen LogP contribution in [0.1, 0.15) is 31.7 Å². The topological polar surface area (TPSA) is 67.2 Å². The van der Waals surface area contributed by atoms with E-state index in [2.05, 4.69) is 14.9 Å². The Morgan fingerprint density at radius 1 is 1.23 bits per heavy atom. The van der Waals surface area contributed by atoms with Gasteiger partial charge >= 0.3 is 6.09 Å². The van der Waals surface area contributed by atoms with Crippen LogP contribution >= 0.6 is 0 Å². The maximum absolute atomic E-state index is 13.0. The van der Waals surface area contributed by atoms with Crippen LogP contribution in [0.25, 0.3) is 11.3 Å². The van der Waals surface area contributed by atoms with Gasteiger partial charge in [0.15, 0.2) is 0 Å². The molecule has 2 N–H and O–H groups in total. The van der Waals surface area contributed by atoms with Gasteiger partial charge in [0.2, 0.25) is 0 Å². The molecular weight excluding hydrogens is 285 g/mol. The molecule has 1 fully saturated rings. The highest BCUT2D eigenvalue weighted by atomic mass is 19.1. The molecule has 6 heteroatoms. The minimum Gasteiger partial charge on any atom is -0.465 e. The van der Waals surface area contributed by atoms with Gasteiger partial charge in [0.25, 0.3) is 0 Å². The number of hydrogen-bond donors (Lipinski definition) is 2. The van der Waals surface area contributed by atoms with Crippen LogP contribution in [0.2, 0.25) is 0 Å². The molecule has 0 aliphatic heterocycles.